The van der Waals surface area contributed by atoms with Crippen LogP contribution in [0.15, 0.2) is 60.7 Å². The van der Waals surface area contributed by atoms with E-state index in [0.717, 1.165) is 11.1 Å². The number of hydrogen-bond donors (Lipinski definition) is 3. The van der Waals surface area contributed by atoms with Crippen molar-refractivity contribution in [3.05, 3.63) is 71.8 Å². The number of nitrogens with one attached hydrogen (secondary N) is 2. The second-order valence-electron chi connectivity index (χ2n) is 7.41. The predicted octanol–water partition coefficient (Wildman–Crippen LogP) is 1.72. The van der Waals surface area contributed by atoms with E-state index in [1.165, 1.54) is 0 Å². The van der Waals surface area contributed by atoms with Gasteiger partial charge in [-0.05, 0) is 17.0 Å². The number of amides is 3. The van der Waals surface area contributed by atoms with Gasteiger partial charge in [0.25, 0.3) is 5.91 Å². The van der Waals surface area contributed by atoms with Crippen LogP contribution in [0.3, 0.4) is 0 Å². The Kier molecular flexibility index (Phi) is 8.75. The molecule has 4 N–H and O–H groups in total. The van der Waals surface area contributed by atoms with E-state index in [1.807, 2.05) is 36.4 Å². The van der Waals surface area contributed by atoms with Gasteiger partial charge >= 0.3 is 6.09 Å². The maximum Gasteiger partial charge on any atom is 0.408 e. The smallest absolute Gasteiger partial charge is 0.408 e. The Balaban J connectivity index is 2.04. The van der Waals surface area contributed by atoms with Crippen LogP contribution in [0.1, 0.15) is 25.0 Å². The van der Waals surface area contributed by atoms with Crippen LogP contribution in [0.4, 0.5) is 4.79 Å². The first kappa shape index (κ1) is 23.6. The molecule has 8 heteroatoms. The molecule has 0 spiro atoms. The van der Waals surface area contributed by atoms with Gasteiger partial charge in [-0.25, -0.2) is 4.79 Å². The highest BCUT2D eigenvalue weighted by atomic mass is 16.5. The minimum atomic E-state index is -1.14. The molecule has 2 atom stereocenters. The summed E-state index contributed by atoms with van der Waals surface area (Å²) < 4.78 is 5.17. The summed E-state index contributed by atoms with van der Waals surface area (Å²) >= 11 is 0. The molecule has 0 radical (unpaired) electrons. The van der Waals surface area contributed by atoms with Gasteiger partial charge in [-0.3, -0.25) is 14.4 Å². The summed E-state index contributed by atoms with van der Waals surface area (Å²) in [6, 6.07) is 15.9. The molecule has 0 aliphatic rings. The van der Waals surface area contributed by atoms with Gasteiger partial charge in [0.15, 0.2) is 0 Å². The van der Waals surface area contributed by atoms with Crippen LogP contribution >= 0.6 is 0 Å². The molecule has 164 valence electrons. The number of alkyl carbamates (subject to hydrolysis) is 1. The van der Waals surface area contributed by atoms with Crippen molar-refractivity contribution in [3.63, 3.8) is 0 Å². The van der Waals surface area contributed by atoms with Gasteiger partial charge in [0.2, 0.25) is 11.7 Å². The molecule has 2 rings (SSSR count). The molecule has 0 aromatic heterocycles. The Morgan fingerprint density at radius 1 is 0.871 bits per heavy atom. The topological polar surface area (TPSA) is 128 Å². The second kappa shape index (κ2) is 11.5. The summed E-state index contributed by atoms with van der Waals surface area (Å²) in [4.78, 5) is 48.7. The van der Waals surface area contributed by atoms with Crippen molar-refractivity contribution in [2.24, 2.45) is 11.7 Å². The molecular formula is C23H27N3O5. The quantitative estimate of drug-likeness (QED) is 0.500. The molecule has 0 aliphatic carbocycles. The number of ether oxygens (including phenoxy) is 1. The van der Waals surface area contributed by atoms with Gasteiger partial charge < -0.3 is 21.1 Å². The zero-order valence-corrected chi connectivity index (χ0v) is 17.5. The van der Waals surface area contributed by atoms with Crippen molar-refractivity contribution in [2.75, 3.05) is 0 Å². The van der Waals surface area contributed by atoms with Crippen molar-refractivity contribution in [1.82, 2.24) is 10.6 Å². The van der Waals surface area contributed by atoms with E-state index in [0.29, 0.717) is 0 Å². The molecule has 0 heterocycles. The van der Waals surface area contributed by atoms with E-state index >= 15 is 0 Å². The first-order valence-electron chi connectivity index (χ1n) is 9.93. The first-order valence-corrected chi connectivity index (χ1v) is 9.93. The number of carbonyl (C=O) groups excluding carboxylic acids is 4. The lowest BCUT2D eigenvalue weighted by Gasteiger charge is -2.24. The number of nitrogens with two attached hydrogens (primary N) is 1. The predicted molar refractivity (Wildman–Crippen MR) is 115 cm³/mol. The zero-order valence-electron chi connectivity index (χ0n) is 17.5. The van der Waals surface area contributed by atoms with E-state index in [2.05, 4.69) is 10.6 Å². The summed E-state index contributed by atoms with van der Waals surface area (Å²) in [5.41, 5.74) is 6.70. The van der Waals surface area contributed by atoms with Gasteiger partial charge in [-0.1, -0.05) is 74.5 Å². The summed E-state index contributed by atoms with van der Waals surface area (Å²) in [6.45, 7) is 3.53. The first-order chi connectivity index (χ1) is 14.8. The average molecular weight is 425 g/mol. The molecule has 0 saturated carbocycles. The fraction of sp³-hybridized carbons (Fsp3) is 0.304. The minimum absolute atomic E-state index is 0.0515. The maximum absolute atomic E-state index is 12.8. The number of rotatable bonds is 10. The highest BCUT2D eigenvalue weighted by molar-refractivity contribution is 6.37. The Morgan fingerprint density at radius 3 is 1.94 bits per heavy atom. The van der Waals surface area contributed by atoms with E-state index in [-0.39, 0.29) is 18.9 Å². The number of hydrogen-bond acceptors (Lipinski definition) is 5. The number of carbonyl (C=O) groups is 4. The molecule has 1 unspecified atom stereocenters. The van der Waals surface area contributed by atoms with Crippen molar-refractivity contribution in [3.8, 4) is 0 Å². The van der Waals surface area contributed by atoms with Crippen LogP contribution in [0.25, 0.3) is 0 Å². The Hall–Kier alpha value is -3.68. The van der Waals surface area contributed by atoms with E-state index in [9.17, 15) is 19.2 Å². The highest BCUT2D eigenvalue weighted by Gasteiger charge is 2.31. The lowest BCUT2D eigenvalue weighted by atomic mass is 9.99. The Bertz CT molecular complexity index is 900. The molecule has 2 aromatic carbocycles. The third-order valence-electron chi connectivity index (χ3n) is 4.59. The molecular weight excluding hydrogens is 398 g/mol. The lowest BCUT2D eigenvalue weighted by molar-refractivity contribution is -0.138. The molecule has 8 nitrogen and oxygen atoms in total. The molecule has 0 fully saturated rings. The number of ketones is 1. The van der Waals surface area contributed by atoms with Gasteiger partial charge in [0.05, 0.1) is 0 Å². The summed E-state index contributed by atoms with van der Waals surface area (Å²) in [6.07, 6.45) is -0.670. The third-order valence-corrected chi connectivity index (χ3v) is 4.59. The second-order valence-corrected chi connectivity index (χ2v) is 7.41. The van der Waals surface area contributed by atoms with Crippen molar-refractivity contribution in [2.45, 2.75) is 39.0 Å². The Morgan fingerprint density at radius 2 is 1.42 bits per heavy atom. The number of primary amides is 1. The Labute approximate surface area is 181 Å². The van der Waals surface area contributed by atoms with Crippen LogP contribution in [-0.4, -0.2) is 35.8 Å². The zero-order chi connectivity index (χ0) is 22.8. The molecule has 2 aromatic rings. The van der Waals surface area contributed by atoms with Gasteiger partial charge in [0, 0.05) is 6.42 Å². The SMILES string of the molecule is CC(C)[C@H](NC(=O)OCc1ccccc1)C(=O)NC(Cc1ccccc1)C(=O)C(N)=O. The average Bonchev–Trinajstić information content (AvgIpc) is 2.76. The fourth-order valence-corrected chi connectivity index (χ4v) is 2.92. The van der Waals surface area contributed by atoms with Crippen LogP contribution in [0, 0.1) is 5.92 Å². The maximum atomic E-state index is 12.8. The van der Waals surface area contributed by atoms with Crippen molar-refractivity contribution < 1.29 is 23.9 Å². The van der Waals surface area contributed by atoms with Crippen molar-refractivity contribution >= 4 is 23.7 Å². The summed E-state index contributed by atoms with van der Waals surface area (Å²) in [5.74, 6) is -2.96. The number of Topliss-reactive ketones (excluding diaryl/α,β-unsaturated/α-hetero) is 1. The molecule has 3 amide bonds. The third kappa shape index (κ3) is 7.58. The van der Waals surface area contributed by atoms with Crippen LogP contribution < -0.4 is 16.4 Å². The van der Waals surface area contributed by atoms with Gasteiger partial charge in [-0.15, -0.1) is 0 Å². The monoisotopic (exact) mass is 425 g/mol. The summed E-state index contributed by atoms with van der Waals surface area (Å²) in [7, 11) is 0. The molecule has 0 aliphatic heterocycles. The fourth-order valence-electron chi connectivity index (χ4n) is 2.92. The van der Waals surface area contributed by atoms with Crippen LogP contribution in [0.2, 0.25) is 0 Å². The normalized spacial score (nSPS) is 12.5. The molecule has 0 bridgehead atoms. The van der Waals surface area contributed by atoms with Crippen LogP contribution in [0.5, 0.6) is 0 Å². The van der Waals surface area contributed by atoms with Crippen molar-refractivity contribution in [1.29, 1.82) is 0 Å². The lowest BCUT2D eigenvalue weighted by Crippen LogP contribution is -2.55. The number of benzene rings is 2. The van der Waals surface area contributed by atoms with Crippen LogP contribution in [-0.2, 0) is 32.1 Å². The van der Waals surface area contributed by atoms with E-state index in [4.69, 9.17) is 10.5 Å². The largest absolute Gasteiger partial charge is 0.445 e. The molecule has 31 heavy (non-hydrogen) atoms. The highest BCUT2D eigenvalue weighted by Crippen LogP contribution is 2.08. The van der Waals surface area contributed by atoms with E-state index in [1.54, 1.807) is 38.1 Å². The van der Waals surface area contributed by atoms with Gasteiger partial charge in [0.1, 0.15) is 18.7 Å². The van der Waals surface area contributed by atoms with E-state index < -0.39 is 35.8 Å². The van der Waals surface area contributed by atoms with Gasteiger partial charge in [-0.2, -0.15) is 0 Å². The standard InChI is InChI=1S/C23H27N3O5/c1-15(2)19(26-23(30)31-14-17-11-7-4-8-12-17)22(29)25-18(20(27)21(24)28)13-16-9-5-3-6-10-16/h3-12,15,18-19H,13-14H2,1-2H3,(H2,24,28)(H,25,29)(H,26,30)/t18?,19-/m0/s1. The molecule has 0 saturated heterocycles. The minimum Gasteiger partial charge on any atom is -0.445 e. The summed E-state index contributed by atoms with van der Waals surface area (Å²) in [5, 5.41) is 5.07.